The van der Waals surface area contributed by atoms with E-state index in [-0.39, 0.29) is 0 Å². The van der Waals surface area contributed by atoms with Gasteiger partial charge < -0.3 is 10.1 Å². The van der Waals surface area contributed by atoms with E-state index in [2.05, 4.69) is 17.3 Å². The largest absolute Gasteiger partial charge is 0.383 e. The lowest BCUT2D eigenvalue weighted by Crippen LogP contribution is -2.18. The van der Waals surface area contributed by atoms with Crippen LogP contribution in [0.1, 0.15) is 16.8 Å². The molecule has 0 unspecified atom stereocenters. The zero-order valence-corrected chi connectivity index (χ0v) is 12.7. The highest BCUT2D eigenvalue weighted by molar-refractivity contribution is 6.31. The lowest BCUT2D eigenvalue weighted by Gasteiger charge is -2.08. The van der Waals surface area contributed by atoms with Crippen LogP contribution in [-0.4, -0.2) is 30.0 Å². The molecule has 0 fully saturated rings. The van der Waals surface area contributed by atoms with Gasteiger partial charge in [-0.2, -0.15) is 5.10 Å². The molecule has 0 spiro atoms. The van der Waals surface area contributed by atoms with Crippen LogP contribution in [0.3, 0.4) is 0 Å². The second-order valence-corrected chi connectivity index (χ2v) is 5.08. The van der Waals surface area contributed by atoms with Crippen molar-refractivity contribution in [3.8, 4) is 0 Å². The van der Waals surface area contributed by atoms with Gasteiger partial charge in [0.2, 0.25) is 0 Å². The second-order valence-electron chi connectivity index (χ2n) is 4.67. The van der Waals surface area contributed by atoms with Crippen LogP contribution in [0.15, 0.2) is 30.5 Å². The molecule has 2 aromatic rings. The third-order valence-electron chi connectivity index (χ3n) is 3.28. The van der Waals surface area contributed by atoms with Crippen LogP contribution in [-0.2, 0) is 17.8 Å². The minimum absolute atomic E-state index is 0.698. The molecule has 0 atom stereocenters. The molecule has 5 heteroatoms. The van der Waals surface area contributed by atoms with Gasteiger partial charge in [-0.15, -0.1) is 0 Å². The van der Waals surface area contributed by atoms with Crippen LogP contribution < -0.4 is 5.32 Å². The number of hydrogen-bond acceptors (Lipinski definition) is 3. The summed E-state index contributed by atoms with van der Waals surface area (Å²) in [5, 5.41) is 8.55. The number of rotatable bonds is 7. The highest BCUT2D eigenvalue weighted by Crippen LogP contribution is 2.17. The first-order chi connectivity index (χ1) is 9.72. The first-order valence-corrected chi connectivity index (χ1v) is 7.04. The fourth-order valence-electron chi connectivity index (χ4n) is 2.00. The summed E-state index contributed by atoms with van der Waals surface area (Å²) in [5.41, 5.74) is 3.45. The van der Waals surface area contributed by atoms with Crippen LogP contribution in [0.5, 0.6) is 0 Å². The topological polar surface area (TPSA) is 39.1 Å². The minimum Gasteiger partial charge on any atom is -0.383 e. The van der Waals surface area contributed by atoms with Crippen LogP contribution in [0.25, 0.3) is 0 Å². The smallest absolute Gasteiger partial charge is 0.0677 e. The van der Waals surface area contributed by atoms with Crippen LogP contribution in [0.2, 0.25) is 5.02 Å². The maximum absolute atomic E-state index is 6.18. The van der Waals surface area contributed by atoms with Crippen molar-refractivity contribution in [2.24, 2.45) is 0 Å². The van der Waals surface area contributed by atoms with Crippen molar-refractivity contribution in [2.45, 2.75) is 20.0 Å². The number of benzene rings is 1. The molecule has 0 bridgehead atoms. The predicted octanol–water partition coefficient (Wildman–Crippen LogP) is 2.63. The van der Waals surface area contributed by atoms with Crippen molar-refractivity contribution < 1.29 is 4.74 Å². The molecule has 0 amide bonds. The van der Waals surface area contributed by atoms with Crippen molar-refractivity contribution in [1.29, 1.82) is 0 Å². The second kappa shape index (κ2) is 7.43. The average Bonchev–Trinajstić information content (AvgIpc) is 2.79. The zero-order valence-electron chi connectivity index (χ0n) is 11.9. The van der Waals surface area contributed by atoms with Gasteiger partial charge in [-0.3, -0.25) is 4.68 Å². The van der Waals surface area contributed by atoms with E-state index in [0.29, 0.717) is 13.2 Å². The quantitative estimate of drug-likeness (QED) is 0.798. The Morgan fingerprint density at radius 3 is 2.85 bits per heavy atom. The molecular formula is C15H20ClN3O. The van der Waals surface area contributed by atoms with Crippen LogP contribution >= 0.6 is 11.6 Å². The lowest BCUT2D eigenvalue weighted by molar-refractivity contribution is 0.199. The van der Waals surface area contributed by atoms with Crippen molar-refractivity contribution >= 4 is 11.6 Å². The predicted molar refractivity (Wildman–Crippen MR) is 81.1 cm³/mol. The number of nitrogens with one attached hydrogen (secondary N) is 1. The van der Waals surface area contributed by atoms with E-state index in [0.717, 1.165) is 29.4 Å². The van der Waals surface area contributed by atoms with Gasteiger partial charge in [0.15, 0.2) is 0 Å². The van der Waals surface area contributed by atoms with Crippen molar-refractivity contribution in [3.05, 3.63) is 52.3 Å². The van der Waals surface area contributed by atoms with Gasteiger partial charge in [-0.1, -0.05) is 29.8 Å². The summed E-state index contributed by atoms with van der Waals surface area (Å²) >= 11 is 6.18. The number of halogens is 1. The van der Waals surface area contributed by atoms with E-state index in [1.165, 1.54) is 5.56 Å². The Labute approximate surface area is 124 Å². The van der Waals surface area contributed by atoms with Gasteiger partial charge in [-0.25, -0.2) is 0 Å². The Morgan fingerprint density at radius 1 is 1.30 bits per heavy atom. The Hall–Kier alpha value is -1.36. The molecule has 20 heavy (non-hydrogen) atoms. The fraction of sp³-hybridized carbons (Fsp3) is 0.400. The Balaban J connectivity index is 2.00. The third-order valence-corrected chi connectivity index (χ3v) is 3.65. The van der Waals surface area contributed by atoms with Crippen LogP contribution in [0, 0.1) is 6.92 Å². The summed E-state index contributed by atoms with van der Waals surface area (Å²) in [6.45, 7) is 5.14. The average molecular weight is 294 g/mol. The molecule has 4 nitrogen and oxygen atoms in total. The SMILES string of the molecule is COCCNCc1cnn(Cc2ccccc2Cl)c1C. The molecule has 1 N–H and O–H groups in total. The van der Waals surface area contributed by atoms with E-state index < -0.39 is 0 Å². The third kappa shape index (κ3) is 3.82. The van der Waals surface area contributed by atoms with E-state index in [4.69, 9.17) is 16.3 Å². The summed E-state index contributed by atoms with van der Waals surface area (Å²) in [5.74, 6) is 0. The zero-order chi connectivity index (χ0) is 14.4. The first kappa shape index (κ1) is 15.0. The number of methoxy groups -OCH3 is 1. The minimum atomic E-state index is 0.698. The maximum atomic E-state index is 6.18. The lowest BCUT2D eigenvalue weighted by atomic mass is 10.2. The fourth-order valence-corrected chi connectivity index (χ4v) is 2.20. The van der Waals surface area contributed by atoms with E-state index >= 15 is 0 Å². The van der Waals surface area contributed by atoms with Crippen molar-refractivity contribution in [3.63, 3.8) is 0 Å². The summed E-state index contributed by atoms with van der Waals surface area (Å²) < 4.78 is 6.99. The van der Waals surface area contributed by atoms with Crippen LogP contribution in [0.4, 0.5) is 0 Å². The Morgan fingerprint density at radius 2 is 2.10 bits per heavy atom. The van der Waals surface area contributed by atoms with Gasteiger partial charge in [-0.05, 0) is 18.6 Å². The first-order valence-electron chi connectivity index (χ1n) is 6.66. The highest BCUT2D eigenvalue weighted by Gasteiger charge is 2.08. The molecule has 1 heterocycles. The molecule has 0 aliphatic carbocycles. The van der Waals surface area contributed by atoms with Gasteiger partial charge in [0, 0.05) is 36.5 Å². The van der Waals surface area contributed by atoms with Crippen molar-refractivity contribution in [1.82, 2.24) is 15.1 Å². The highest BCUT2D eigenvalue weighted by atomic mass is 35.5. The van der Waals surface area contributed by atoms with E-state index in [1.54, 1.807) is 7.11 Å². The Kier molecular flexibility index (Phi) is 5.59. The van der Waals surface area contributed by atoms with Gasteiger partial charge in [0.05, 0.1) is 19.3 Å². The number of aromatic nitrogens is 2. The molecule has 0 radical (unpaired) electrons. The summed E-state index contributed by atoms with van der Waals surface area (Å²) in [4.78, 5) is 0. The molecule has 1 aromatic heterocycles. The summed E-state index contributed by atoms with van der Waals surface area (Å²) in [6, 6.07) is 7.86. The summed E-state index contributed by atoms with van der Waals surface area (Å²) in [7, 11) is 1.70. The van der Waals surface area contributed by atoms with E-state index in [9.17, 15) is 0 Å². The molecule has 0 aliphatic rings. The molecule has 2 rings (SSSR count). The summed E-state index contributed by atoms with van der Waals surface area (Å²) in [6.07, 6.45) is 1.91. The Bertz CT molecular complexity index is 554. The molecule has 0 saturated carbocycles. The molecule has 1 aromatic carbocycles. The number of hydrogen-bond donors (Lipinski definition) is 1. The van der Waals surface area contributed by atoms with E-state index in [1.807, 2.05) is 35.1 Å². The van der Waals surface area contributed by atoms with Gasteiger partial charge in [0.1, 0.15) is 0 Å². The van der Waals surface area contributed by atoms with Gasteiger partial charge >= 0.3 is 0 Å². The molecule has 0 aliphatic heterocycles. The van der Waals surface area contributed by atoms with Gasteiger partial charge in [0.25, 0.3) is 0 Å². The maximum Gasteiger partial charge on any atom is 0.0677 e. The standard InChI is InChI=1S/C15H20ClN3O/c1-12-14(9-17-7-8-20-2)10-18-19(12)11-13-5-3-4-6-15(13)16/h3-6,10,17H,7-9,11H2,1-2H3. The molecule has 108 valence electrons. The van der Waals surface area contributed by atoms with Crippen molar-refractivity contribution in [2.75, 3.05) is 20.3 Å². The molecule has 0 saturated heterocycles. The number of ether oxygens (including phenoxy) is 1. The molecular weight excluding hydrogens is 274 g/mol. The normalized spacial score (nSPS) is 10.9. The number of nitrogens with zero attached hydrogens (tertiary/aromatic N) is 2. The monoisotopic (exact) mass is 293 g/mol.